The van der Waals surface area contributed by atoms with Crippen LogP contribution >= 0.6 is 0 Å². The van der Waals surface area contributed by atoms with Gasteiger partial charge in [0.2, 0.25) is 11.8 Å². The van der Waals surface area contributed by atoms with Crippen molar-refractivity contribution in [3.8, 4) is 11.8 Å². The number of hydrogen-bond acceptors (Lipinski definition) is 5. The van der Waals surface area contributed by atoms with Crippen molar-refractivity contribution >= 4 is 0 Å². The average molecular weight is 211 g/mol. The Labute approximate surface area is 89.6 Å². The molecule has 1 heterocycles. The normalized spacial score (nSPS) is 14.5. The minimum Gasteiger partial charge on any atom is -0.481 e. The van der Waals surface area contributed by atoms with Crippen LogP contribution in [0.2, 0.25) is 0 Å². The van der Waals surface area contributed by atoms with Crippen LogP contribution in [0.5, 0.6) is 11.8 Å². The summed E-state index contributed by atoms with van der Waals surface area (Å²) in [6.45, 7) is 3.89. The number of methoxy groups -OCH3 is 2. The SMILES string of the molecule is COc1cc(OC)nc(C(C)C(C)N)n1. The molecule has 0 aromatic carbocycles. The van der Waals surface area contributed by atoms with E-state index >= 15 is 0 Å². The van der Waals surface area contributed by atoms with Gasteiger partial charge in [-0.15, -0.1) is 0 Å². The predicted octanol–water partition coefficient (Wildman–Crippen LogP) is 0.944. The number of rotatable bonds is 4. The molecular weight excluding hydrogens is 194 g/mol. The Morgan fingerprint density at radius 2 is 1.60 bits per heavy atom. The van der Waals surface area contributed by atoms with E-state index in [0.717, 1.165) is 0 Å². The zero-order valence-electron chi connectivity index (χ0n) is 9.52. The maximum absolute atomic E-state index is 5.79. The topological polar surface area (TPSA) is 70.3 Å². The molecule has 1 aromatic rings. The van der Waals surface area contributed by atoms with Crippen LogP contribution in [-0.4, -0.2) is 30.2 Å². The van der Waals surface area contributed by atoms with Crippen LogP contribution in [0, 0.1) is 0 Å². The minimum atomic E-state index is -0.0122. The molecule has 0 aliphatic carbocycles. The average Bonchev–Trinajstić information content (AvgIpc) is 2.27. The van der Waals surface area contributed by atoms with Crippen molar-refractivity contribution in [3.05, 3.63) is 11.9 Å². The Morgan fingerprint density at radius 1 is 1.13 bits per heavy atom. The fourth-order valence-electron chi connectivity index (χ4n) is 1.07. The van der Waals surface area contributed by atoms with E-state index < -0.39 is 0 Å². The first kappa shape index (κ1) is 11.7. The van der Waals surface area contributed by atoms with Gasteiger partial charge in [0.15, 0.2) is 0 Å². The van der Waals surface area contributed by atoms with Gasteiger partial charge in [-0.05, 0) is 6.92 Å². The molecule has 2 unspecified atom stereocenters. The van der Waals surface area contributed by atoms with Crippen molar-refractivity contribution in [2.24, 2.45) is 5.73 Å². The summed E-state index contributed by atoms with van der Waals surface area (Å²) in [5.74, 6) is 1.68. The Morgan fingerprint density at radius 3 is 1.93 bits per heavy atom. The highest BCUT2D eigenvalue weighted by Gasteiger charge is 2.16. The first-order valence-electron chi connectivity index (χ1n) is 4.81. The second kappa shape index (κ2) is 4.93. The fraction of sp³-hybridized carbons (Fsp3) is 0.600. The standard InChI is InChI=1S/C10H17N3O2/c1-6(7(2)11)10-12-8(14-3)5-9(13-10)15-4/h5-7H,11H2,1-4H3. The highest BCUT2D eigenvalue weighted by Crippen LogP contribution is 2.21. The van der Waals surface area contributed by atoms with Crippen LogP contribution in [0.4, 0.5) is 0 Å². The quantitative estimate of drug-likeness (QED) is 0.802. The summed E-state index contributed by atoms with van der Waals surface area (Å²) >= 11 is 0. The number of nitrogens with zero attached hydrogens (tertiary/aromatic N) is 2. The number of aromatic nitrogens is 2. The molecule has 0 amide bonds. The maximum atomic E-state index is 5.79. The van der Waals surface area contributed by atoms with Crippen LogP contribution in [0.1, 0.15) is 25.6 Å². The molecule has 0 aliphatic heterocycles. The van der Waals surface area contributed by atoms with Gasteiger partial charge in [0, 0.05) is 12.0 Å². The van der Waals surface area contributed by atoms with E-state index in [1.54, 1.807) is 20.3 Å². The van der Waals surface area contributed by atoms with E-state index in [2.05, 4.69) is 9.97 Å². The molecule has 2 atom stereocenters. The summed E-state index contributed by atoms with van der Waals surface area (Å²) in [6.07, 6.45) is 0. The summed E-state index contributed by atoms with van der Waals surface area (Å²) in [5.41, 5.74) is 5.79. The Bertz CT molecular complexity index is 306. The minimum absolute atomic E-state index is 0.0122. The molecular formula is C10H17N3O2. The van der Waals surface area contributed by atoms with Gasteiger partial charge >= 0.3 is 0 Å². The van der Waals surface area contributed by atoms with Crippen molar-refractivity contribution in [2.75, 3.05) is 14.2 Å². The molecule has 0 spiro atoms. The summed E-state index contributed by atoms with van der Waals surface area (Å²) in [6, 6.07) is 1.62. The van der Waals surface area contributed by atoms with E-state index in [-0.39, 0.29) is 12.0 Å². The van der Waals surface area contributed by atoms with Gasteiger partial charge in [-0.3, -0.25) is 0 Å². The molecule has 0 saturated carbocycles. The third-order valence-electron chi connectivity index (χ3n) is 2.31. The maximum Gasteiger partial charge on any atom is 0.220 e. The van der Waals surface area contributed by atoms with Crippen LogP contribution in [-0.2, 0) is 0 Å². The lowest BCUT2D eigenvalue weighted by Gasteiger charge is -2.15. The van der Waals surface area contributed by atoms with Gasteiger partial charge in [-0.1, -0.05) is 6.92 Å². The number of nitrogens with two attached hydrogens (primary N) is 1. The van der Waals surface area contributed by atoms with Crippen molar-refractivity contribution in [3.63, 3.8) is 0 Å². The monoisotopic (exact) mass is 211 g/mol. The summed E-state index contributed by atoms with van der Waals surface area (Å²) in [5, 5.41) is 0. The Hall–Kier alpha value is -1.36. The van der Waals surface area contributed by atoms with Crippen molar-refractivity contribution in [2.45, 2.75) is 25.8 Å². The Kier molecular flexibility index (Phi) is 3.85. The van der Waals surface area contributed by atoms with Crippen molar-refractivity contribution < 1.29 is 9.47 Å². The van der Waals surface area contributed by atoms with Crippen LogP contribution in [0.15, 0.2) is 6.07 Å². The van der Waals surface area contributed by atoms with Crippen LogP contribution < -0.4 is 15.2 Å². The zero-order valence-corrected chi connectivity index (χ0v) is 9.52. The van der Waals surface area contributed by atoms with Crippen LogP contribution in [0.3, 0.4) is 0 Å². The predicted molar refractivity (Wildman–Crippen MR) is 57.2 cm³/mol. The lowest BCUT2D eigenvalue weighted by molar-refractivity contribution is 0.364. The van der Waals surface area contributed by atoms with E-state index in [0.29, 0.717) is 17.6 Å². The first-order valence-corrected chi connectivity index (χ1v) is 4.81. The molecule has 2 N–H and O–H groups in total. The van der Waals surface area contributed by atoms with Gasteiger partial charge in [-0.25, -0.2) is 0 Å². The second-order valence-electron chi connectivity index (χ2n) is 3.46. The molecule has 0 bridgehead atoms. The molecule has 1 aromatic heterocycles. The molecule has 5 nitrogen and oxygen atoms in total. The lowest BCUT2D eigenvalue weighted by Crippen LogP contribution is -2.24. The smallest absolute Gasteiger partial charge is 0.220 e. The summed E-state index contributed by atoms with van der Waals surface area (Å²) in [4.78, 5) is 8.46. The fourth-order valence-corrected chi connectivity index (χ4v) is 1.07. The third-order valence-corrected chi connectivity index (χ3v) is 2.31. The van der Waals surface area contributed by atoms with Crippen LogP contribution in [0.25, 0.3) is 0 Å². The second-order valence-corrected chi connectivity index (χ2v) is 3.46. The third kappa shape index (κ3) is 2.79. The highest BCUT2D eigenvalue weighted by atomic mass is 16.5. The number of hydrogen-bond donors (Lipinski definition) is 1. The van der Waals surface area contributed by atoms with E-state index in [1.165, 1.54) is 0 Å². The van der Waals surface area contributed by atoms with Crippen molar-refractivity contribution in [1.82, 2.24) is 9.97 Å². The molecule has 0 saturated heterocycles. The summed E-state index contributed by atoms with van der Waals surface area (Å²) in [7, 11) is 3.12. The largest absolute Gasteiger partial charge is 0.481 e. The van der Waals surface area contributed by atoms with Gasteiger partial charge in [0.1, 0.15) is 5.82 Å². The molecule has 0 aliphatic rings. The van der Waals surface area contributed by atoms with Gasteiger partial charge in [0.05, 0.1) is 20.3 Å². The number of ether oxygens (including phenoxy) is 2. The molecule has 0 fully saturated rings. The molecule has 84 valence electrons. The van der Waals surface area contributed by atoms with Gasteiger partial charge in [-0.2, -0.15) is 9.97 Å². The van der Waals surface area contributed by atoms with Crippen molar-refractivity contribution in [1.29, 1.82) is 0 Å². The van der Waals surface area contributed by atoms with Gasteiger partial charge in [0.25, 0.3) is 0 Å². The molecule has 1 rings (SSSR count). The van der Waals surface area contributed by atoms with E-state index in [1.807, 2.05) is 13.8 Å². The van der Waals surface area contributed by atoms with E-state index in [9.17, 15) is 0 Å². The summed E-state index contributed by atoms with van der Waals surface area (Å²) < 4.78 is 10.1. The molecule has 5 heteroatoms. The van der Waals surface area contributed by atoms with E-state index in [4.69, 9.17) is 15.2 Å². The highest BCUT2D eigenvalue weighted by molar-refractivity contribution is 5.22. The Balaban J connectivity index is 3.06. The molecule has 0 radical (unpaired) electrons. The lowest BCUT2D eigenvalue weighted by atomic mass is 10.0. The van der Waals surface area contributed by atoms with Gasteiger partial charge < -0.3 is 15.2 Å². The zero-order chi connectivity index (χ0) is 11.4. The molecule has 15 heavy (non-hydrogen) atoms. The first-order chi connectivity index (χ1) is 7.08.